The lowest BCUT2D eigenvalue weighted by molar-refractivity contribution is 0.0986. The maximum Gasteiger partial charge on any atom is 0.166 e. The zero-order valence-corrected chi connectivity index (χ0v) is 13.3. The molecule has 0 aliphatic carbocycles. The van der Waals surface area contributed by atoms with Gasteiger partial charge in [0.25, 0.3) is 0 Å². The minimum atomic E-state index is 0.232. The van der Waals surface area contributed by atoms with Crippen LogP contribution in [0, 0.1) is 5.41 Å². The van der Waals surface area contributed by atoms with Crippen LogP contribution >= 0.6 is 0 Å². The SMILES string of the molecule is CCC(=O)c1c(CC)nn(CCC(C)(C)C)c1CC. The second kappa shape index (κ2) is 6.36. The highest BCUT2D eigenvalue weighted by Gasteiger charge is 2.21. The molecule has 0 amide bonds. The summed E-state index contributed by atoms with van der Waals surface area (Å²) in [5.41, 5.74) is 3.27. The van der Waals surface area contributed by atoms with E-state index in [4.69, 9.17) is 0 Å². The van der Waals surface area contributed by atoms with Crippen LogP contribution in [-0.2, 0) is 19.4 Å². The fourth-order valence-corrected chi connectivity index (χ4v) is 2.28. The van der Waals surface area contributed by atoms with Gasteiger partial charge in [-0.3, -0.25) is 9.48 Å². The van der Waals surface area contributed by atoms with Gasteiger partial charge < -0.3 is 0 Å². The van der Waals surface area contributed by atoms with Crippen LogP contribution in [0.3, 0.4) is 0 Å². The minimum Gasteiger partial charge on any atom is -0.294 e. The number of aryl methyl sites for hydroxylation is 2. The Hall–Kier alpha value is -1.12. The van der Waals surface area contributed by atoms with Crippen molar-refractivity contribution in [3.8, 4) is 0 Å². The number of carbonyl (C=O) groups excluding carboxylic acids is 1. The number of ketones is 1. The lowest BCUT2D eigenvalue weighted by Crippen LogP contribution is -2.13. The smallest absolute Gasteiger partial charge is 0.166 e. The van der Waals surface area contributed by atoms with E-state index in [0.29, 0.717) is 6.42 Å². The Labute approximate surface area is 117 Å². The number of hydrogen-bond acceptors (Lipinski definition) is 2. The van der Waals surface area contributed by atoms with Crippen LogP contribution < -0.4 is 0 Å². The molecule has 0 aliphatic heterocycles. The maximum atomic E-state index is 12.1. The van der Waals surface area contributed by atoms with Crippen molar-refractivity contribution in [2.75, 3.05) is 0 Å². The summed E-state index contributed by atoms with van der Waals surface area (Å²) >= 11 is 0. The Balaban J connectivity index is 3.12. The van der Waals surface area contributed by atoms with Gasteiger partial charge in [0.05, 0.1) is 11.3 Å². The third-order valence-corrected chi connectivity index (χ3v) is 3.47. The normalized spacial score (nSPS) is 11.9. The predicted octanol–water partition coefficient (Wildman–Crippen LogP) is 4.04. The van der Waals surface area contributed by atoms with E-state index in [1.807, 2.05) is 6.92 Å². The van der Waals surface area contributed by atoms with Gasteiger partial charge in [-0.05, 0) is 24.7 Å². The summed E-state index contributed by atoms with van der Waals surface area (Å²) in [4.78, 5) is 12.1. The zero-order chi connectivity index (χ0) is 14.6. The number of rotatable bonds is 6. The van der Waals surface area contributed by atoms with Crippen molar-refractivity contribution in [1.82, 2.24) is 9.78 Å². The van der Waals surface area contributed by atoms with Gasteiger partial charge in [0.1, 0.15) is 0 Å². The van der Waals surface area contributed by atoms with E-state index in [9.17, 15) is 4.79 Å². The quantitative estimate of drug-likeness (QED) is 0.727. The molecule has 0 saturated carbocycles. The molecule has 0 atom stereocenters. The summed E-state index contributed by atoms with van der Waals surface area (Å²) in [5, 5.41) is 4.67. The molecular weight excluding hydrogens is 236 g/mol. The van der Waals surface area contributed by atoms with Gasteiger partial charge in [0.15, 0.2) is 5.78 Å². The molecule has 0 spiro atoms. The number of carbonyl (C=O) groups is 1. The second-order valence-electron chi connectivity index (χ2n) is 6.29. The van der Waals surface area contributed by atoms with E-state index in [1.165, 1.54) is 0 Å². The molecule has 1 heterocycles. The molecule has 19 heavy (non-hydrogen) atoms. The zero-order valence-electron chi connectivity index (χ0n) is 13.3. The number of hydrogen-bond donors (Lipinski definition) is 0. The first-order valence-corrected chi connectivity index (χ1v) is 7.45. The Kier molecular flexibility index (Phi) is 5.33. The van der Waals surface area contributed by atoms with Gasteiger partial charge >= 0.3 is 0 Å². The van der Waals surface area contributed by atoms with Crippen molar-refractivity contribution in [1.29, 1.82) is 0 Å². The standard InChI is InChI=1S/C16H28N2O/c1-7-12-15(14(19)9-3)13(8-2)18(17-12)11-10-16(4,5)6/h7-11H2,1-6H3. The van der Waals surface area contributed by atoms with Gasteiger partial charge in [-0.2, -0.15) is 5.10 Å². The molecule has 3 heteroatoms. The first-order valence-electron chi connectivity index (χ1n) is 7.45. The van der Waals surface area contributed by atoms with E-state index in [-0.39, 0.29) is 11.2 Å². The molecule has 0 aliphatic rings. The maximum absolute atomic E-state index is 12.1. The van der Waals surface area contributed by atoms with Crippen molar-refractivity contribution >= 4 is 5.78 Å². The molecule has 0 bridgehead atoms. The monoisotopic (exact) mass is 264 g/mol. The molecule has 0 unspecified atom stereocenters. The summed E-state index contributed by atoms with van der Waals surface area (Å²) in [7, 11) is 0. The van der Waals surface area contributed by atoms with Crippen molar-refractivity contribution in [2.24, 2.45) is 5.41 Å². The highest BCUT2D eigenvalue weighted by atomic mass is 16.1. The summed E-state index contributed by atoms with van der Waals surface area (Å²) in [6.45, 7) is 13.7. The molecule has 108 valence electrons. The van der Waals surface area contributed by atoms with Crippen LogP contribution in [0.15, 0.2) is 0 Å². The van der Waals surface area contributed by atoms with Crippen molar-refractivity contribution in [2.45, 2.75) is 73.8 Å². The van der Waals surface area contributed by atoms with Crippen molar-refractivity contribution in [3.63, 3.8) is 0 Å². The fourth-order valence-electron chi connectivity index (χ4n) is 2.28. The highest BCUT2D eigenvalue weighted by Crippen LogP contribution is 2.23. The first kappa shape index (κ1) is 15.9. The van der Waals surface area contributed by atoms with Crippen LogP contribution in [0.25, 0.3) is 0 Å². The molecule has 0 saturated heterocycles. The van der Waals surface area contributed by atoms with Gasteiger partial charge in [-0.25, -0.2) is 0 Å². The lowest BCUT2D eigenvalue weighted by Gasteiger charge is -2.18. The topological polar surface area (TPSA) is 34.9 Å². The average Bonchev–Trinajstić information content (AvgIpc) is 2.72. The molecule has 1 aromatic heterocycles. The van der Waals surface area contributed by atoms with E-state index < -0.39 is 0 Å². The number of aromatic nitrogens is 2. The van der Waals surface area contributed by atoms with Crippen LogP contribution in [0.2, 0.25) is 0 Å². The van der Waals surface area contributed by atoms with Crippen molar-refractivity contribution < 1.29 is 4.79 Å². The molecule has 3 nitrogen and oxygen atoms in total. The van der Waals surface area contributed by atoms with Gasteiger partial charge in [-0.15, -0.1) is 0 Å². The van der Waals surface area contributed by atoms with Gasteiger partial charge in [0, 0.05) is 18.7 Å². The van der Waals surface area contributed by atoms with Crippen molar-refractivity contribution in [3.05, 3.63) is 17.0 Å². The average molecular weight is 264 g/mol. The van der Waals surface area contributed by atoms with Gasteiger partial charge in [0.2, 0.25) is 0 Å². The Morgan fingerprint density at radius 1 is 1.16 bits per heavy atom. The predicted molar refractivity (Wildman–Crippen MR) is 79.7 cm³/mol. The molecule has 1 rings (SSSR count). The summed E-state index contributed by atoms with van der Waals surface area (Å²) in [5.74, 6) is 0.232. The van der Waals surface area contributed by atoms with Crippen LogP contribution in [-0.4, -0.2) is 15.6 Å². The third kappa shape index (κ3) is 3.92. The van der Waals surface area contributed by atoms with Gasteiger partial charge in [-0.1, -0.05) is 41.5 Å². The highest BCUT2D eigenvalue weighted by molar-refractivity contribution is 5.98. The van der Waals surface area contributed by atoms with E-state index in [1.54, 1.807) is 0 Å². The van der Waals surface area contributed by atoms with E-state index >= 15 is 0 Å². The van der Waals surface area contributed by atoms with E-state index in [0.717, 1.165) is 42.8 Å². The number of nitrogens with zero attached hydrogens (tertiary/aromatic N) is 2. The molecule has 1 aromatic rings. The second-order valence-corrected chi connectivity index (χ2v) is 6.29. The molecule has 0 aromatic carbocycles. The third-order valence-electron chi connectivity index (χ3n) is 3.47. The molecule has 0 N–H and O–H groups in total. The molecule has 0 fully saturated rings. The summed E-state index contributed by atoms with van der Waals surface area (Å²) in [6.07, 6.45) is 3.34. The molecule has 0 radical (unpaired) electrons. The fraction of sp³-hybridized carbons (Fsp3) is 0.750. The summed E-state index contributed by atoms with van der Waals surface area (Å²) in [6, 6.07) is 0. The first-order chi connectivity index (χ1) is 8.84. The Morgan fingerprint density at radius 2 is 1.79 bits per heavy atom. The summed E-state index contributed by atoms with van der Waals surface area (Å²) < 4.78 is 2.06. The van der Waals surface area contributed by atoms with Crippen LogP contribution in [0.4, 0.5) is 0 Å². The largest absolute Gasteiger partial charge is 0.294 e. The number of Topliss-reactive ketones (excluding diaryl/α,β-unsaturated/α-hetero) is 1. The van der Waals surface area contributed by atoms with Crippen LogP contribution in [0.1, 0.15) is 76.1 Å². The molecular formula is C16H28N2O. The Bertz CT molecular complexity index is 438. The lowest BCUT2D eigenvalue weighted by atomic mass is 9.92. The minimum absolute atomic E-state index is 0.232. The van der Waals surface area contributed by atoms with Crippen LogP contribution in [0.5, 0.6) is 0 Å². The van der Waals surface area contributed by atoms with E-state index in [2.05, 4.69) is 44.4 Å². The Morgan fingerprint density at radius 3 is 2.21 bits per heavy atom.